The van der Waals surface area contributed by atoms with Crippen molar-refractivity contribution in [2.24, 2.45) is 17.8 Å². The molecule has 22 heavy (non-hydrogen) atoms. The average Bonchev–Trinajstić information content (AvgIpc) is 2.99. The fourth-order valence-corrected chi connectivity index (χ4v) is 5.80. The van der Waals surface area contributed by atoms with Gasteiger partial charge in [0.25, 0.3) is 0 Å². The Hall–Kier alpha value is -0.620. The Bertz CT molecular complexity index is 501. The summed E-state index contributed by atoms with van der Waals surface area (Å²) in [6.45, 7) is 4.16. The third-order valence-electron chi connectivity index (χ3n) is 5.64. The van der Waals surface area contributed by atoms with E-state index in [1.807, 2.05) is 4.90 Å². The SMILES string of the molecule is CCCCCS(=O)(=O)N1CCN(C(=O)C2[C@@H]3CCC[C@@H]23)CC1. The molecule has 2 saturated carbocycles. The molecule has 1 amide bonds. The van der Waals surface area contributed by atoms with Crippen LogP contribution in [-0.4, -0.2) is 55.5 Å². The van der Waals surface area contributed by atoms with E-state index in [0.717, 1.165) is 19.3 Å². The first-order valence-corrected chi connectivity index (χ1v) is 10.4. The van der Waals surface area contributed by atoms with Gasteiger partial charge < -0.3 is 4.90 Å². The molecule has 0 radical (unpaired) electrons. The van der Waals surface area contributed by atoms with Crippen LogP contribution in [0.25, 0.3) is 0 Å². The lowest BCUT2D eigenvalue weighted by Gasteiger charge is -2.34. The zero-order valence-corrected chi connectivity index (χ0v) is 14.4. The van der Waals surface area contributed by atoms with E-state index in [2.05, 4.69) is 6.92 Å². The second-order valence-electron chi connectivity index (χ2n) is 7.03. The number of carbonyl (C=O) groups is 1. The van der Waals surface area contributed by atoms with E-state index in [1.165, 1.54) is 19.3 Å². The number of unbranched alkanes of at least 4 members (excludes halogenated alkanes) is 2. The van der Waals surface area contributed by atoms with Gasteiger partial charge in [0, 0.05) is 32.1 Å². The second-order valence-corrected chi connectivity index (χ2v) is 9.12. The van der Waals surface area contributed by atoms with Gasteiger partial charge in [0.2, 0.25) is 15.9 Å². The molecule has 6 heteroatoms. The van der Waals surface area contributed by atoms with E-state index in [0.29, 0.717) is 38.0 Å². The normalized spacial score (nSPS) is 32.0. The minimum absolute atomic E-state index is 0.252. The lowest BCUT2D eigenvalue weighted by Crippen LogP contribution is -2.51. The largest absolute Gasteiger partial charge is 0.340 e. The van der Waals surface area contributed by atoms with Crippen molar-refractivity contribution in [1.82, 2.24) is 9.21 Å². The number of fused-ring (bicyclic) bond motifs is 1. The molecule has 0 aromatic heterocycles. The Balaban J connectivity index is 1.47. The molecule has 5 nitrogen and oxygen atoms in total. The Morgan fingerprint density at radius 3 is 2.27 bits per heavy atom. The second kappa shape index (κ2) is 6.48. The van der Waals surface area contributed by atoms with Crippen molar-refractivity contribution in [3.8, 4) is 0 Å². The highest BCUT2D eigenvalue weighted by Gasteiger charge is 2.57. The monoisotopic (exact) mass is 328 g/mol. The van der Waals surface area contributed by atoms with E-state index < -0.39 is 10.0 Å². The molecule has 0 bridgehead atoms. The fraction of sp³-hybridized carbons (Fsp3) is 0.938. The summed E-state index contributed by atoms with van der Waals surface area (Å²) in [5.74, 6) is 2.09. The van der Waals surface area contributed by atoms with Gasteiger partial charge in [0.1, 0.15) is 0 Å². The van der Waals surface area contributed by atoms with E-state index in [-0.39, 0.29) is 17.6 Å². The van der Waals surface area contributed by atoms with E-state index in [4.69, 9.17) is 0 Å². The van der Waals surface area contributed by atoms with Gasteiger partial charge in [-0.3, -0.25) is 4.79 Å². The molecule has 1 heterocycles. The minimum Gasteiger partial charge on any atom is -0.340 e. The van der Waals surface area contributed by atoms with Crippen LogP contribution in [0.3, 0.4) is 0 Å². The molecule has 3 aliphatic rings. The lowest BCUT2D eigenvalue weighted by atomic mass is 10.1. The molecule has 3 rings (SSSR count). The maximum Gasteiger partial charge on any atom is 0.226 e. The highest BCUT2D eigenvalue weighted by Crippen LogP contribution is 2.58. The fourth-order valence-electron chi connectivity index (χ4n) is 4.25. The van der Waals surface area contributed by atoms with Crippen LogP contribution in [0.5, 0.6) is 0 Å². The third-order valence-corrected chi connectivity index (χ3v) is 7.60. The summed E-state index contributed by atoms with van der Waals surface area (Å²) in [6.07, 6.45) is 6.44. The predicted molar refractivity (Wildman–Crippen MR) is 85.8 cm³/mol. The first-order chi connectivity index (χ1) is 10.5. The van der Waals surface area contributed by atoms with Crippen LogP contribution >= 0.6 is 0 Å². The molecule has 126 valence electrons. The Kier molecular flexibility index (Phi) is 4.78. The average molecular weight is 328 g/mol. The maximum atomic E-state index is 12.5. The molecule has 2 atom stereocenters. The summed E-state index contributed by atoms with van der Waals surface area (Å²) >= 11 is 0. The highest BCUT2D eigenvalue weighted by atomic mass is 32.2. The Morgan fingerprint density at radius 1 is 1.05 bits per heavy atom. The Morgan fingerprint density at radius 2 is 1.68 bits per heavy atom. The van der Waals surface area contributed by atoms with E-state index in [1.54, 1.807) is 4.31 Å². The topological polar surface area (TPSA) is 57.7 Å². The van der Waals surface area contributed by atoms with E-state index >= 15 is 0 Å². The molecule has 3 fully saturated rings. The number of piperazine rings is 1. The van der Waals surface area contributed by atoms with Gasteiger partial charge in [-0.05, 0) is 31.1 Å². The van der Waals surface area contributed by atoms with Crippen LogP contribution in [0, 0.1) is 17.8 Å². The summed E-state index contributed by atoms with van der Waals surface area (Å²) in [6, 6.07) is 0. The van der Waals surface area contributed by atoms with Crippen LogP contribution in [0.2, 0.25) is 0 Å². The van der Waals surface area contributed by atoms with Crippen molar-refractivity contribution >= 4 is 15.9 Å². The van der Waals surface area contributed by atoms with Crippen LogP contribution in [0.4, 0.5) is 0 Å². The molecule has 0 unspecified atom stereocenters. The first-order valence-electron chi connectivity index (χ1n) is 8.81. The van der Waals surface area contributed by atoms with Crippen molar-refractivity contribution in [3.63, 3.8) is 0 Å². The van der Waals surface area contributed by atoms with Crippen LogP contribution < -0.4 is 0 Å². The summed E-state index contributed by atoms with van der Waals surface area (Å²) in [4.78, 5) is 14.4. The number of carbonyl (C=O) groups excluding carboxylic acids is 1. The zero-order chi connectivity index (χ0) is 15.7. The van der Waals surface area contributed by atoms with Gasteiger partial charge in [-0.1, -0.05) is 26.2 Å². The summed E-state index contributed by atoms with van der Waals surface area (Å²) in [5.41, 5.74) is 0. The van der Waals surface area contributed by atoms with Gasteiger partial charge in [-0.2, -0.15) is 4.31 Å². The first kappa shape index (κ1) is 16.2. The van der Waals surface area contributed by atoms with Crippen molar-refractivity contribution in [3.05, 3.63) is 0 Å². The molecule has 0 N–H and O–H groups in total. The number of rotatable bonds is 6. The van der Waals surface area contributed by atoms with Crippen LogP contribution in [0.1, 0.15) is 45.4 Å². The van der Waals surface area contributed by atoms with Gasteiger partial charge >= 0.3 is 0 Å². The molecular weight excluding hydrogens is 300 g/mol. The van der Waals surface area contributed by atoms with Gasteiger partial charge in [0.05, 0.1) is 5.75 Å². The highest BCUT2D eigenvalue weighted by molar-refractivity contribution is 7.89. The van der Waals surface area contributed by atoms with Crippen LogP contribution in [0.15, 0.2) is 0 Å². The lowest BCUT2D eigenvalue weighted by molar-refractivity contribution is -0.134. The number of nitrogens with zero attached hydrogens (tertiary/aromatic N) is 2. The van der Waals surface area contributed by atoms with Crippen molar-refractivity contribution < 1.29 is 13.2 Å². The molecule has 1 saturated heterocycles. The summed E-state index contributed by atoms with van der Waals surface area (Å²) in [7, 11) is -3.13. The number of hydrogen-bond acceptors (Lipinski definition) is 3. The van der Waals surface area contributed by atoms with Gasteiger partial charge in [-0.15, -0.1) is 0 Å². The molecule has 0 spiro atoms. The van der Waals surface area contributed by atoms with Gasteiger partial charge in [0.15, 0.2) is 0 Å². The third kappa shape index (κ3) is 3.18. The van der Waals surface area contributed by atoms with Crippen molar-refractivity contribution in [2.75, 3.05) is 31.9 Å². The van der Waals surface area contributed by atoms with Gasteiger partial charge in [-0.25, -0.2) is 8.42 Å². The Labute approximate surface area is 134 Å². The number of hydrogen-bond donors (Lipinski definition) is 0. The number of sulfonamides is 1. The molecule has 0 aromatic carbocycles. The zero-order valence-electron chi connectivity index (χ0n) is 13.5. The number of amides is 1. The molecule has 2 aliphatic carbocycles. The molecular formula is C16H28N2O3S. The predicted octanol–water partition coefficient (Wildman–Crippen LogP) is 1.70. The summed E-state index contributed by atoms with van der Waals surface area (Å²) < 4.78 is 26.1. The van der Waals surface area contributed by atoms with E-state index in [9.17, 15) is 13.2 Å². The molecule has 1 aliphatic heterocycles. The maximum absolute atomic E-state index is 12.5. The van der Waals surface area contributed by atoms with Crippen molar-refractivity contribution in [1.29, 1.82) is 0 Å². The smallest absolute Gasteiger partial charge is 0.226 e. The van der Waals surface area contributed by atoms with Crippen LogP contribution in [-0.2, 0) is 14.8 Å². The summed E-state index contributed by atoms with van der Waals surface area (Å²) in [5, 5.41) is 0. The quantitative estimate of drug-likeness (QED) is 0.697. The minimum atomic E-state index is -3.13. The standard InChI is InChI=1S/C16H28N2O3S/c1-2-3-4-12-22(20,21)18-10-8-17(9-11-18)16(19)15-13-6-5-7-14(13)15/h13-15H,2-12H2,1H3/t13-,14-/m1/s1. The van der Waals surface area contributed by atoms with Crippen molar-refractivity contribution in [2.45, 2.75) is 45.4 Å². The molecule has 0 aromatic rings.